The van der Waals surface area contributed by atoms with Crippen LogP contribution in [0.25, 0.3) is 0 Å². The maximum atomic E-state index is 13.2. The van der Waals surface area contributed by atoms with E-state index in [4.69, 9.17) is 4.74 Å². The number of nitro benzene ring substituents is 1. The summed E-state index contributed by atoms with van der Waals surface area (Å²) in [4.78, 5) is 14.5. The Hall–Kier alpha value is -2.54. The fraction of sp³-hybridized carbons (Fsp3) is 0.214. The number of hydrogen-bond donors (Lipinski definition) is 1. The minimum absolute atomic E-state index is 0.0961. The topological polar surface area (TPSA) is 77.3 Å². The first-order valence-electron chi connectivity index (χ1n) is 6.25. The van der Waals surface area contributed by atoms with Gasteiger partial charge in [-0.25, -0.2) is 4.39 Å². The van der Waals surface area contributed by atoms with Crippen LogP contribution in [-0.2, 0) is 13.2 Å². The zero-order valence-corrected chi connectivity index (χ0v) is 11.4. The number of hydrogen-bond acceptors (Lipinski definition) is 5. The lowest BCUT2D eigenvalue weighted by Gasteiger charge is -2.07. The third-order valence-electron chi connectivity index (χ3n) is 2.79. The lowest BCUT2D eigenvalue weighted by Crippen LogP contribution is -2.07. The van der Waals surface area contributed by atoms with Gasteiger partial charge in [0.2, 0.25) is 0 Å². The maximum absolute atomic E-state index is 13.2. The van der Waals surface area contributed by atoms with Gasteiger partial charge in [0.25, 0.3) is 5.69 Å². The second kappa shape index (κ2) is 6.76. The molecule has 0 radical (unpaired) electrons. The number of aromatic nitrogens is 1. The van der Waals surface area contributed by atoms with E-state index in [0.29, 0.717) is 12.3 Å². The molecule has 6 nitrogen and oxygen atoms in total. The van der Waals surface area contributed by atoms with Crippen molar-refractivity contribution in [3.8, 4) is 5.75 Å². The largest absolute Gasteiger partial charge is 0.487 e. The molecule has 0 saturated heterocycles. The van der Waals surface area contributed by atoms with Crippen LogP contribution in [0.2, 0.25) is 0 Å². The number of halogens is 1. The molecule has 2 aromatic rings. The van der Waals surface area contributed by atoms with E-state index in [0.717, 1.165) is 23.9 Å². The van der Waals surface area contributed by atoms with E-state index in [2.05, 4.69) is 10.3 Å². The molecule has 0 amide bonds. The molecule has 1 heterocycles. The predicted octanol–water partition coefficient (Wildman–Crippen LogP) is 2.43. The van der Waals surface area contributed by atoms with Crippen molar-refractivity contribution in [1.29, 1.82) is 0 Å². The molecule has 0 spiro atoms. The molecular weight excluding hydrogens is 277 g/mol. The number of nitrogens with one attached hydrogen (secondary N) is 1. The van der Waals surface area contributed by atoms with E-state index in [1.165, 1.54) is 6.20 Å². The summed E-state index contributed by atoms with van der Waals surface area (Å²) >= 11 is 0. The summed E-state index contributed by atoms with van der Waals surface area (Å²) in [6.07, 6.45) is 1.53. The van der Waals surface area contributed by atoms with Gasteiger partial charge in [0.05, 0.1) is 22.4 Å². The van der Waals surface area contributed by atoms with E-state index in [-0.39, 0.29) is 17.9 Å². The molecule has 0 atom stereocenters. The van der Waals surface area contributed by atoms with Crippen molar-refractivity contribution in [3.05, 3.63) is 63.7 Å². The summed E-state index contributed by atoms with van der Waals surface area (Å²) in [6, 6.07) is 6.77. The maximum Gasteiger partial charge on any atom is 0.276 e. The van der Waals surface area contributed by atoms with Crippen molar-refractivity contribution >= 4 is 5.69 Å². The monoisotopic (exact) mass is 291 g/mol. The molecule has 0 aliphatic rings. The molecule has 0 bridgehead atoms. The number of nitro groups is 1. The SMILES string of the molecule is CNCc1ccc(OCc2cc(F)ccc2[N+](=O)[O-])cn1. The summed E-state index contributed by atoms with van der Waals surface area (Å²) in [5.74, 6) is -0.0740. The van der Waals surface area contributed by atoms with Crippen molar-refractivity contribution in [2.45, 2.75) is 13.2 Å². The van der Waals surface area contributed by atoms with Gasteiger partial charge in [-0.2, -0.15) is 0 Å². The van der Waals surface area contributed by atoms with Gasteiger partial charge in [-0.3, -0.25) is 15.1 Å². The second-order valence-corrected chi connectivity index (χ2v) is 4.33. The van der Waals surface area contributed by atoms with Crippen LogP contribution in [0.5, 0.6) is 5.75 Å². The van der Waals surface area contributed by atoms with Crippen molar-refractivity contribution in [2.75, 3.05) is 7.05 Å². The second-order valence-electron chi connectivity index (χ2n) is 4.33. The lowest BCUT2D eigenvalue weighted by atomic mass is 10.2. The molecule has 0 aliphatic carbocycles. The van der Waals surface area contributed by atoms with Crippen molar-refractivity contribution in [1.82, 2.24) is 10.3 Å². The molecule has 1 aromatic carbocycles. The van der Waals surface area contributed by atoms with Gasteiger partial charge < -0.3 is 10.1 Å². The average Bonchev–Trinajstić information content (AvgIpc) is 2.46. The first-order valence-corrected chi connectivity index (χ1v) is 6.25. The number of pyridine rings is 1. The Kier molecular flexibility index (Phi) is 4.78. The van der Waals surface area contributed by atoms with Gasteiger partial charge in [-0.1, -0.05) is 0 Å². The third kappa shape index (κ3) is 3.96. The summed E-state index contributed by atoms with van der Waals surface area (Å²) < 4.78 is 18.6. The van der Waals surface area contributed by atoms with Crippen molar-refractivity contribution < 1.29 is 14.1 Å². The van der Waals surface area contributed by atoms with E-state index in [9.17, 15) is 14.5 Å². The van der Waals surface area contributed by atoms with Crippen LogP contribution in [-0.4, -0.2) is 17.0 Å². The number of ether oxygens (including phenoxy) is 1. The summed E-state index contributed by atoms with van der Waals surface area (Å²) in [6.45, 7) is 0.538. The average molecular weight is 291 g/mol. The Morgan fingerprint density at radius 2 is 2.19 bits per heavy atom. The van der Waals surface area contributed by atoms with Crippen LogP contribution in [0.15, 0.2) is 36.5 Å². The van der Waals surface area contributed by atoms with Gasteiger partial charge >= 0.3 is 0 Å². The zero-order valence-electron chi connectivity index (χ0n) is 11.4. The first-order chi connectivity index (χ1) is 10.1. The van der Waals surface area contributed by atoms with Crippen LogP contribution in [0.3, 0.4) is 0 Å². The molecule has 0 unspecified atom stereocenters. The van der Waals surface area contributed by atoms with Crippen LogP contribution in [0.1, 0.15) is 11.3 Å². The predicted molar refractivity (Wildman–Crippen MR) is 74.4 cm³/mol. The van der Waals surface area contributed by atoms with E-state index in [1.54, 1.807) is 12.1 Å². The quantitative estimate of drug-likeness (QED) is 0.653. The van der Waals surface area contributed by atoms with Gasteiger partial charge in [0, 0.05) is 12.6 Å². The Morgan fingerprint density at radius 1 is 1.38 bits per heavy atom. The van der Waals surface area contributed by atoms with Crippen LogP contribution in [0, 0.1) is 15.9 Å². The van der Waals surface area contributed by atoms with Crippen LogP contribution >= 0.6 is 0 Å². The minimum atomic E-state index is -0.563. The Labute approximate surface area is 120 Å². The number of benzene rings is 1. The Morgan fingerprint density at radius 3 is 2.81 bits per heavy atom. The highest BCUT2D eigenvalue weighted by molar-refractivity contribution is 5.40. The molecule has 21 heavy (non-hydrogen) atoms. The molecule has 1 N–H and O–H groups in total. The smallest absolute Gasteiger partial charge is 0.276 e. The van der Waals surface area contributed by atoms with Crippen molar-refractivity contribution in [2.24, 2.45) is 0 Å². The standard InChI is InChI=1S/C14H14FN3O3/c1-16-7-12-3-4-13(8-17-12)21-9-10-6-11(15)2-5-14(10)18(19)20/h2-6,8,16H,7,9H2,1H3. The van der Waals surface area contributed by atoms with Gasteiger partial charge in [0.1, 0.15) is 18.2 Å². The molecule has 0 saturated carbocycles. The molecule has 1 aromatic heterocycles. The number of nitrogens with zero attached hydrogens (tertiary/aromatic N) is 2. The van der Waals surface area contributed by atoms with Crippen LogP contribution < -0.4 is 10.1 Å². The number of rotatable bonds is 6. The molecule has 0 aliphatic heterocycles. The molecule has 110 valence electrons. The molecule has 7 heteroatoms. The fourth-order valence-electron chi connectivity index (χ4n) is 1.79. The Bertz CT molecular complexity index is 632. The van der Waals surface area contributed by atoms with E-state index >= 15 is 0 Å². The highest BCUT2D eigenvalue weighted by atomic mass is 19.1. The zero-order chi connectivity index (χ0) is 15.2. The third-order valence-corrected chi connectivity index (χ3v) is 2.79. The summed E-state index contributed by atoms with van der Waals surface area (Å²) in [7, 11) is 1.81. The van der Waals surface area contributed by atoms with Gasteiger partial charge in [-0.15, -0.1) is 0 Å². The Balaban J connectivity index is 2.08. The highest BCUT2D eigenvalue weighted by Gasteiger charge is 2.14. The van der Waals surface area contributed by atoms with Crippen molar-refractivity contribution in [3.63, 3.8) is 0 Å². The van der Waals surface area contributed by atoms with Crippen LogP contribution in [0.4, 0.5) is 10.1 Å². The highest BCUT2D eigenvalue weighted by Crippen LogP contribution is 2.21. The van der Waals surface area contributed by atoms with E-state index in [1.807, 2.05) is 7.05 Å². The molecule has 0 fully saturated rings. The van der Waals surface area contributed by atoms with E-state index < -0.39 is 10.7 Å². The van der Waals surface area contributed by atoms with Gasteiger partial charge in [0.15, 0.2) is 0 Å². The summed E-state index contributed by atoms with van der Waals surface area (Å²) in [5, 5.41) is 13.8. The molecule has 2 rings (SSSR count). The fourth-order valence-corrected chi connectivity index (χ4v) is 1.79. The minimum Gasteiger partial charge on any atom is -0.487 e. The summed E-state index contributed by atoms with van der Waals surface area (Å²) in [5.41, 5.74) is 0.858. The normalized spacial score (nSPS) is 10.4. The first kappa shape index (κ1) is 14.9. The molecular formula is C14H14FN3O3. The lowest BCUT2D eigenvalue weighted by molar-refractivity contribution is -0.385. The van der Waals surface area contributed by atoms with Gasteiger partial charge in [-0.05, 0) is 31.3 Å².